The van der Waals surface area contributed by atoms with Gasteiger partial charge < -0.3 is 10.6 Å². The second kappa shape index (κ2) is 6.34. The minimum Gasteiger partial charge on any atom is -0.312 e. The number of nitrogens with one attached hydrogen (secondary N) is 2. The van der Waals surface area contributed by atoms with Crippen molar-refractivity contribution in [3.05, 3.63) is 36.4 Å². The van der Waals surface area contributed by atoms with E-state index in [4.69, 9.17) is 0 Å². The van der Waals surface area contributed by atoms with Crippen molar-refractivity contribution in [2.24, 2.45) is 5.41 Å². The van der Waals surface area contributed by atoms with Crippen LogP contribution in [0, 0.1) is 11.2 Å². The highest BCUT2D eigenvalue weighted by atomic mass is 35.5. The Labute approximate surface area is 149 Å². The van der Waals surface area contributed by atoms with Gasteiger partial charge >= 0.3 is 0 Å². The molecule has 3 heterocycles. The number of hydrogen-bond donors (Lipinski definition) is 2. The minimum atomic E-state index is -1.91. The molecule has 1 unspecified atom stereocenters. The number of pyridine rings is 1. The lowest BCUT2D eigenvalue weighted by Gasteiger charge is -2.45. The van der Waals surface area contributed by atoms with Gasteiger partial charge in [-0.2, -0.15) is 0 Å². The van der Waals surface area contributed by atoms with Crippen molar-refractivity contribution in [1.29, 1.82) is 0 Å². The maximum Gasteiger partial charge on any atom is 0.265 e. The number of rotatable bonds is 3. The Morgan fingerprint density at radius 3 is 2.72 bits per heavy atom. The first-order valence-corrected chi connectivity index (χ1v) is 7.91. The first-order chi connectivity index (χ1) is 11.5. The van der Waals surface area contributed by atoms with Gasteiger partial charge in [-0.25, -0.2) is 18.4 Å². The van der Waals surface area contributed by atoms with Gasteiger partial charge in [0.15, 0.2) is 11.6 Å². The van der Waals surface area contributed by atoms with E-state index in [1.165, 1.54) is 16.8 Å². The van der Waals surface area contributed by atoms with Gasteiger partial charge in [-0.1, -0.05) is 6.42 Å². The van der Waals surface area contributed by atoms with Crippen molar-refractivity contribution in [3.8, 4) is 5.82 Å². The van der Waals surface area contributed by atoms with E-state index in [9.17, 15) is 9.18 Å². The zero-order chi connectivity index (χ0) is 16.8. The number of amides is 1. The van der Waals surface area contributed by atoms with Gasteiger partial charge in [-0.05, 0) is 25.0 Å². The smallest absolute Gasteiger partial charge is 0.265 e. The first-order valence-electron chi connectivity index (χ1n) is 7.91. The molecule has 2 aromatic rings. The maximum atomic E-state index is 15.3. The summed E-state index contributed by atoms with van der Waals surface area (Å²) < 4.78 is 29.6. The summed E-state index contributed by atoms with van der Waals surface area (Å²) in [7, 11) is 0. The van der Waals surface area contributed by atoms with E-state index < -0.39 is 22.8 Å². The molecular weight excluding hydrogens is 352 g/mol. The van der Waals surface area contributed by atoms with Gasteiger partial charge in [0, 0.05) is 30.8 Å². The van der Waals surface area contributed by atoms with Crippen molar-refractivity contribution < 1.29 is 13.6 Å². The number of anilines is 1. The molecule has 0 bridgehead atoms. The Hall–Kier alpha value is -2.06. The van der Waals surface area contributed by atoms with Gasteiger partial charge in [0.25, 0.3) is 5.91 Å². The highest BCUT2D eigenvalue weighted by molar-refractivity contribution is 5.98. The fourth-order valence-electron chi connectivity index (χ4n) is 3.54. The van der Waals surface area contributed by atoms with Crippen LogP contribution >= 0.6 is 12.4 Å². The Morgan fingerprint density at radius 2 is 2.08 bits per heavy atom. The van der Waals surface area contributed by atoms with Crippen LogP contribution in [0.5, 0.6) is 0 Å². The van der Waals surface area contributed by atoms with E-state index in [1.54, 1.807) is 12.3 Å². The molecule has 1 aliphatic heterocycles. The molecule has 6 nitrogen and oxygen atoms in total. The zero-order valence-electron chi connectivity index (χ0n) is 13.3. The monoisotopic (exact) mass is 369 g/mol. The minimum absolute atomic E-state index is 0. The molecule has 2 fully saturated rings. The van der Waals surface area contributed by atoms with Gasteiger partial charge in [-0.15, -0.1) is 17.5 Å². The van der Waals surface area contributed by atoms with Crippen molar-refractivity contribution in [2.75, 3.05) is 18.4 Å². The molecule has 9 heteroatoms. The Morgan fingerprint density at radius 1 is 1.28 bits per heavy atom. The van der Waals surface area contributed by atoms with Crippen LogP contribution in [0.1, 0.15) is 19.3 Å². The lowest BCUT2D eigenvalue weighted by Crippen LogP contribution is -2.55. The number of aromatic nitrogens is 3. The van der Waals surface area contributed by atoms with Crippen LogP contribution in [-0.4, -0.2) is 39.4 Å². The summed E-state index contributed by atoms with van der Waals surface area (Å²) in [6, 6.07) is 4.29. The molecule has 1 saturated carbocycles. The van der Waals surface area contributed by atoms with Crippen LogP contribution in [0.15, 0.2) is 30.6 Å². The second-order valence-electron chi connectivity index (χ2n) is 6.47. The lowest BCUT2D eigenvalue weighted by atomic mass is 9.61. The molecule has 134 valence electrons. The van der Waals surface area contributed by atoms with Crippen molar-refractivity contribution in [2.45, 2.75) is 24.9 Å². The van der Waals surface area contributed by atoms with Crippen LogP contribution in [0.25, 0.3) is 5.82 Å². The average molecular weight is 370 g/mol. The number of halogens is 3. The molecule has 1 atom stereocenters. The maximum absolute atomic E-state index is 15.3. The SMILES string of the molecule is Cl.O=C(Nc1ccn(-c2ccc(F)cn2)n1)C1(F)CNCC12CCC2. The Kier molecular flexibility index (Phi) is 4.51. The summed E-state index contributed by atoms with van der Waals surface area (Å²) in [4.78, 5) is 16.4. The van der Waals surface area contributed by atoms with Crippen LogP contribution in [-0.2, 0) is 4.79 Å². The molecule has 1 spiro atoms. The second-order valence-corrected chi connectivity index (χ2v) is 6.47. The predicted molar refractivity (Wildman–Crippen MR) is 90.2 cm³/mol. The van der Waals surface area contributed by atoms with E-state index in [-0.39, 0.29) is 24.8 Å². The fourth-order valence-corrected chi connectivity index (χ4v) is 3.54. The van der Waals surface area contributed by atoms with Gasteiger partial charge in [0.2, 0.25) is 5.67 Å². The third-order valence-electron chi connectivity index (χ3n) is 5.12. The summed E-state index contributed by atoms with van der Waals surface area (Å²) in [5.41, 5.74) is -2.50. The van der Waals surface area contributed by atoms with Crippen LogP contribution in [0.2, 0.25) is 0 Å². The van der Waals surface area contributed by atoms with Crippen molar-refractivity contribution in [3.63, 3.8) is 0 Å². The number of hydrogen-bond acceptors (Lipinski definition) is 4. The van der Waals surface area contributed by atoms with E-state index in [0.29, 0.717) is 12.4 Å². The van der Waals surface area contributed by atoms with Crippen molar-refractivity contribution >= 4 is 24.1 Å². The van der Waals surface area contributed by atoms with Crippen molar-refractivity contribution in [1.82, 2.24) is 20.1 Å². The molecule has 2 aromatic heterocycles. The van der Waals surface area contributed by atoms with Gasteiger partial charge in [-0.3, -0.25) is 4.79 Å². The molecule has 1 aliphatic carbocycles. The molecule has 0 aromatic carbocycles. The average Bonchev–Trinajstić information content (AvgIpc) is 3.13. The number of nitrogens with zero attached hydrogens (tertiary/aromatic N) is 3. The number of carbonyl (C=O) groups is 1. The van der Waals surface area contributed by atoms with E-state index in [2.05, 4.69) is 20.7 Å². The summed E-state index contributed by atoms with van der Waals surface area (Å²) >= 11 is 0. The number of carbonyl (C=O) groups excluding carboxylic acids is 1. The molecule has 4 rings (SSSR count). The van der Waals surface area contributed by atoms with Crippen LogP contribution in [0.4, 0.5) is 14.6 Å². The predicted octanol–water partition coefficient (Wildman–Crippen LogP) is 2.25. The third kappa shape index (κ3) is 2.79. The van der Waals surface area contributed by atoms with Crippen LogP contribution < -0.4 is 10.6 Å². The molecule has 25 heavy (non-hydrogen) atoms. The Balaban J connectivity index is 0.00000182. The summed E-state index contributed by atoms with van der Waals surface area (Å²) in [5.74, 6) is -0.461. The van der Waals surface area contributed by atoms with Gasteiger partial charge in [0.05, 0.1) is 6.20 Å². The lowest BCUT2D eigenvalue weighted by molar-refractivity contribution is -0.137. The topological polar surface area (TPSA) is 71.8 Å². The quantitative estimate of drug-likeness (QED) is 0.870. The highest BCUT2D eigenvalue weighted by Crippen LogP contribution is 2.53. The molecule has 2 aliphatic rings. The normalized spacial score (nSPS) is 23.8. The molecule has 1 amide bonds. The van der Waals surface area contributed by atoms with Gasteiger partial charge in [0.1, 0.15) is 5.82 Å². The summed E-state index contributed by atoms with van der Waals surface area (Å²) in [5, 5.41) is 9.72. The van der Waals surface area contributed by atoms with Crippen LogP contribution in [0.3, 0.4) is 0 Å². The number of alkyl halides is 1. The molecule has 0 radical (unpaired) electrons. The zero-order valence-corrected chi connectivity index (χ0v) is 14.2. The fraction of sp³-hybridized carbons (Fsp3) is 0.438. The highest BCUT2D eigenvalue weighted by Gasteiger charge is 2.63. The molecular formula is C16H18ClF2N5O. The third-order valence-corrected chi connectivity index (χ3v) is 5.12. The molecule has 1 saturated heterocycles. The Bertz CT molecular complexity index is 777. The summed E-state index contributed by atoms with van der Waals surface area (Å²) in [6.07, 6.45) is 5.05. The summed E-state index contributed by atoms with van der Waals surface area (Å²) in [6.45, 7) is 0.559. The standard InChI is InChI=1S/C16H17F2N5O.ClH/c17-11-2-3-13(20-8-11)23-7-4-12(22-23)21-14(24)16(18)10-19-9-15(16)5-1-6-15;/h2-4,7-8,19H,1,5-6,9-10H2,(H,21,22,24);1H. The first kappa shape index (κ1) is 17.8. The molecule has 2 N–H and O–H groups in total. The van der Waals surface area contributed by atoms with E-state index >= 15 is 4.39 Å². The largest absolute Gasteiger partial charge is 0.312 e. The van der Waals surface area contributed by atoms with E-state index in [0.717, 1.165) is 25.5 Å². The van der Waals surface area contributed by atoms with E-state index in [1.807, 2.05) is 0 Å².